The van der Waals surface area contributed by atoms with E-state index in [1.54, 1.807) is 30.9 Å². The van der Waals surface area contributed by atoms with Gasteiger partial charge in [-0.05, 0) is 48.7 Å². The highest BCUT2D eigenvalue weighted by atomic mass is 15.2. The van der Waals surface area contributed by atoms with Gasteiger partial charge in [-0.15, -0.1) is 0 Å². The molecule has 3 N–H and O–H groups in total. The average molecular weight is 504 g/mol. The monoisotopic (exact) mass is 503 g/mol. The topological polar surface area (TPSA) is 147 Å². The van der Waals surface area contributed by atoms with Crippen LogP contribution in [0.5, 0.6) is 0 Å². The van der Waals surface area contributed by atoms with Gasteiger partial charge in [0, 0.05) is 56.2 Å². The van der Waals surface area contributed by atoms with Crippen molar-refractivity contribution in [3.63, 3.8) is 0 Å². The number of rotatable bonds is 6. The molecule has 0 aliphatic carbocycles. The Hall–Kier alpha value is -4.95. The zero-order chi connectivity index (χ0) is 25.9. The highest BCUT2D eigenvalue weighted by Crippen LogP contribution is 2.29. The molecule has 1 aliphatic rings. The Morgan fingerprint density at radius 1 is 0.921 bits per heavy atom. The summed E-state index contributed by atoms with van der Waals surface area (Å²) in [6.45, 7) is 2.82. The molecule has 188 valence electrons. The molecule has 0 spiro atoms. The van der Waals surface area contributed by atoms with E-state index in [0.717, 1.165) is 43.7 Å². The van der Waals surface area contributed by atoms with Crippen molar-refractivity contribution in [3.8, 4) is 23.1 Å². The number of hydrogen-bond donors (Lipinski definition) is 2. The predicted molar refractivity (Wildman–Crippen MR) is 143 cm³/mol. The number of pyridine rings is 1. The van der Waals surface area contributed by atoms with Gasteiger partial charge >= 0.3 is 0 Å². The maximum absolute atomic E-state index is 9.01. The molecule has 11 heteroatoms. The zero-order valence-electron chi connectivity index (χ0n) is 20.6. The first kappa shape index (κ1) is 23.4. The maximum atomic E-state index is 9.01. The lowest BCUT2D eigenvalue weighted by atomic mass is 10.0. The molecular formula is C27H25N11. The molecule has 11 nitrogen and oxygen atoms in total. The lowest BCUT2D eigenvalue weighted by Crippen LogP contribution is -2.38. The number of anilines is 2. The first-order valence-corrected chi connectivity index (χ1v) is 12.4. The summed E-state index contributed by atoms with van der Waals surface area (Å²) in [5.74, 6) is 1.95. The van der Waals surface area contributed by atoms with Gasteiger partial charge in [0.1, 0.15) is 17.7 Å². The van der Waals surface area contributed by atoms with E-state index in [-0.39, 0.29) is 5.82 Å². The number of aromatic nitrogens is 7. The Balaban J connectivity index is 1.16. The van der Waals surface area contributed by atoms with E-state index in [4.69, 9.17) is 16.0 Å². The predicted octanol–water partition coefficient (Wildman–Crippen LogP) is 3.20. The second-order valence-electron chi connectivity index (χ2n) is 9.15. The molecule has 5 aromatic rings. The lowest BCUT2D eigenvalue weighted by Gasteiger charge is -2.32. The van der Waals surface area contributed by atoms with Crippen LogP contribution in [0.3, 0.4) is 0 Å². The number of nitrogens with two attached hydrogens (primary N) is 1. The van der Waals surface area contributed by atoms with E-state index in [1.807, 2.05) is 22.8 Å². The van der Waals surface area contributed by atoms with Gasteiger partial charge in [-0.2, -0.15) is 5.26 Å². The summed E-state index contributed by atoms with van der Waals surface area (Å²) in [6.07, 6.45) is 8.57. The fourth-order valence-corrected chi connectivity index (χ4v) is 4.79. The molecule has 38 heavy (non-hydrogen) atoms. The lowest BCUT2D eigenvalue weighted by molar-refractivity contribution is 0.211. The fourth-order valence-electron chi connectivity index (χ4n) is 4.79. The number of hydrogen-bond acceptors (Lipinski definition) is 10. The minimum absolute atomic E-state index is 0.183. The quantitative estimate of drug-likeness (QED) is 0.354. The van der Waals surface area contributed by atoms with Crippen molar-refractivity contribution >= 4 is 22.9 Å². The van der Waals surface area contributed by atoms with Gasteiger partial charge in [-0.3, -0.25) is 9.47 Å². The molecular weight excluding hydrogens is 478 g/mol. The van der Waals surface area contributed by atoms with Crippen LogP contribution in [0, 0.1) is 11.3 Å². The summed E-state index contributed by atoms with van der Waals surface area (Å²) in [5, 5.41) is 12.4. The van der Waals surface area contributed by atoms with Crippen molar-refractivity contribution in [1.29, 1.82) is 5.26 Å². The highest BCUT2D eigenvalue weighted by Gasteiger charge is 2.21. The van der Waals surface area contributed by atoms with Gasteiger partial charge in [-0.25, -0.2) is 29.9 Å². The molecule has 1 saturated heterocycles. The molecule has 6 rings (SSSR count). The molecule has 0 atom stereocenters. The van der Waals surface area contributed by atoms with Crippen molar-refractivity contribution < 1.29 is 0 Å². The molecule has 1 aliphatic heterocycles. The third kappa shape index (κ3) is 4.72. The number of nitrogens with one attached hydrogen (secondary N) is 1. The summed E-state index contributed by atoms with van der Waals surface area (Å²) in [7, 11) is 0. The van der Waals surface area contributed by atoms with Crippen molar-refractivity contribution in [2.75, 3.05) is 24.1 Å². The van der Waals surface area contributed by atoms with E-state index < -0.39 is 0 Å². The van der Waals surface area contributed by atoms with E-state index in [0.29, 0.717) is 34.8 Å². The van der Waals surface area contributed by atoms with Crippen LogP contribution < -0.4 is 11.1 Å². The number of imidazole rings is 1. The molecule has 0 saturated carbocycles. The Kier molecular flexibility index (Phi) is 6.29. The summed E-state index contributed by atoms with van der Waals surface area (Å²) < 4.78 is 1.97. The van der Waals surface area contributed by atoms with Crippen molar-refractivity contribution in [1.82, 2.24) is 39.4 Å². The molecule has 0 amide bonds. The number of likely N-dealkylation sites (tertiary alicyclic amines) is 1. The second kappa shape index (κ2) is 10.2. The summed E-state index contributed by atoms with van der Waals surface area (Å²) in [4.78, 5) is 28.5. The van der Waals surface area contributed by atoms with Crippen molar-refractivity contribution in [3.05, 3.63) is 78.6 Å². The van der Waals surface area contributed by atoms with Gasteiger partial charge in [-0.1, -0.05) is 12.1 Å². The number of piperidine rings is 1. The molecule has 0 bridgehead atoms. The molecule has 1 aromatic carbocycles. The van der Waals surface area contributed by atoms with Crippen LogP contribution in [0.2, 0.25) is 0 Å². The van der Waals surface area contributed by atoms with Gasteiger partial charge in [0.05, 0.1) is 5.56 Å². The first-order chi connectivity index (χ1) is 18.7. The Labute approximate surface area is 219 Å². The molecule has 0 radical (unpaired) electrons. The normalized spacial score (nSPS) is 14.4. The SMILES string of the molecule is N#Cc1nccc(NC2CCN(Cc3ccc(-n4c(-c5cccnc5N)nc5nccnc54)cc3)CC2)n1. The van der Waals surface area contributed by atoms with Gasteiger partial charge in [0.15, 0.2) is 17.1 Å². The zero-order valence-corrected chi connectivity index (χ0v) is 20.6. The third-order valence-corrected chi connectivity index (χ3v) is 6.67. The smallest absolute Gasteiger partial charge is 0.234 e. The Morgan fingerprint density at radius 3 is 2.53 bits per heavy atom. The minimum atomic E-state index is 0.183. The van der Waals surface area contributed by atoms with Crippen LogP contribution in [0.15, 0.2) is 67.3 Å². The van der Waals surface area contributed by atoms with Gasteiger partial charge in [0.25, 0.3) is 0 Å². The van der Waals surface area contributed by atoms with Crippen LogP contribution in [0.4, 0.5) is 11.6 Å². The van der Waals surface area contributed by atoms with Gasteiger partial charge < -0.3 is 11.1 Å². The standard InChI is InChI=1S/C27H25N11/c28-16-23-30-11-7-22(35-23)34-19-8-14-37(15-9-19)17-18-3-5-20(6-4-18)38-26(21-2-1-10-31-24(21)29)36-25-27(38)33-13-12-32-25/h1-7,10-13,19H,8-9,14-15,17H2,(H2,29,31)(H,30,34,35). The van der Waals surface area contributed by atoms with Crippen molar-refractivity contribution in [2.45, 2.75) is 25.4 Å². The van der Waals surface area contributed by atoms with E-state index in [2.05, 4.69) is 59.4 Å². The Morgan fingerprint density at radius 2 is 1.74 bits per heavy atom. The van der Waals surface area contributed by atoms with Crippen LogP contribution in [-0.4, -0.2) is 58.5 Å². The number of fused-ring (bicyclic) bond motifs is 1. The third-order valence-electron chi connectivity index (χ3n) is 6.67. The molecule has 5 heterocycles. The van der Waals surface area contributed by atoms with E-state index in [9.17, 15) is 0 Å². The number of nitrogen functional groups attached to an aromatic ring is 1. The summed E-state index contributed by atoms with van der Waals surface area (Å²) in [5.41, 5.74) is 10.3. The Bertz CT molecular complexity index is 1610. The molecule has 1 fully saturated rings. The number of nitrogens with zero attached hydrogens (tertiary/aromatic N) is 9. The maximum Gasteiger partial charge on any atom is 0.234 e. The van der Waals surface area contributed by atoms with Crippen LogP contribution >= 0.6 is 0 Å². The second-order valence-corrected chi connectivity index (χ2v) is 9.15. The highest BCUT2D eigenvalue weighted by molar-refractivity contribution is 5.80. The largest absolute Gasteiger partial charge is 0.383 e. The molecule has 0 unspecified atom stereocenters. The van der Waals surface area contributed by atoms with Crippen molar-refractivity contribution in [2.24, 2.45) is 0 Å². The average Bonchev–Trinajstić information content (AvgIpc) is 3.34. The van der Waals surface area contributed by atoms with Crippen LogP contribution in [-0.2, 0) is 6.54 Å². The first-order valence-electron chi connectivity index (χ1n) is 12.4. The van der Waals surface area contributed by atoms with Crippen LogP contribution in [0.25, 0.3) is 28.4 Å². The fraction of sp³-hybridized carbons (Fsp3) is 0.222. The van der Waals surface area contributed by atoms with Crippen LogP contribution in [0.1, 0.15) is 24.2 Å². The summed E-state index contributed by atoms with van der Waals surface area (Å²) >= 11 is 0. The molecule has 4 aromatic heterocycles. The van der Waals surface area contributed by atoms with Gasteiger partial charge in [0.2, 0.25) is 5.82 Å². The number of nitriles is 1. The van der Waals surface area contributed by atoms with E-state index in [1.165, 1.54) is 5.56 Å². The minimum Gasteiger partial charge on any atom is -0.383 e. The van der Waals surface area contributed by atoms with E-state index >= 15 is 0 Å². The summed E-state index contributed by atoms with van der Waals surface area (Å²) in [6, 6.07) is 16.3. The number of benzene rings is 1.